The van der Waals surface area contributed by atoms with E-state index in [1.807, 2.05) is 0 Å². The van der Waals surface area contributed by atoms with Crippen molar-refractivity contribution in [3.63, 3.8) is 0 Å². The van der Waals surface area contributed by atoms with Gasteiger partial charge >= 0.3 is 31.9 Å². The van der Waals surface area contributed by atoms with E-state index in [9.17, 15) is 0 Å². The molecule has 0 fully saturated rings. The minimum absolute atomic E-state index is 5.25. The predicted octanol–water partition coefficient (Wildman–Crippen LogP) is -2.23. The second-order valence-electron chi connectivity index (χ2n) is 0.849. The van der Waals surface area contributed by atoms with Crippen LogP contribution in [-0.4, -0.2) is 15.7 Å². The van der Waals surface area contributed by atoms with Gasteiger partial charge in [-0.3, -0.25) is 0 Å². The molecule has 4 N–H and O–H groups in total. The fourth-order valence-electron chi connectivity index (χ4n) is 0. The van der Waals surface area contributed by atoms with Crippen LogP contribution in [-0.2, 0) is 16.2 Å². The maximum absolute atomic E-state index is 7.41. The molecule has 0 aromatic carbocycles. The Morgan fingerprint density at radius 3 is 0.800 bits per heavy atom. The van der Waals surface area contributed by atoms with Gasteiger partial charge in [0.1, 0.15) is 0 Å². The van der Waals surface area contributed by atoms with E-state index >= 15 is 0 Å². The number of rotatable bonds is 0. The van der Waals surface area contributed by atoms with Crippen molar-refractivity contribution in [3.8, 4) is 0 Å². The first kappa shape index (κ1) is 5.46. The zero-order valence-electron chi connectivity index (χ0n) is 2.50. The van der Waals surface area contributed by atoms with Crippen molar-refractivity contribution < 1.29 is 31.9 Å². The molecule has 0 aliphatic rings. The molecule has 0 rings (SSSR count). The summed E-state index contributed by atoms with van der Waals surface area (Å²) in [5.74, 6) is 0. The molecule has 0 aliphatic heterocycles. The molecule has 0 bridgehead atoms. The first-order valence-corrected chi connectivity index (χ1v) is 6.57. The summed E-state index contributed by atoms with van der Waals surface area (Å²) >= 11 is -5.25. The standard InChI is InChI=1S/4H2O.Zn/h4*1H2;/q;;;;+4/p-4. The van der Waals surface area contributed by atoms with Crippen LogP contribution in [0.25, 0.3) is 0 Å². The summed E-state index contributed by atoms with van der Waals surface area (Å²) in [6.45, 7) is 0. The van der Waals surface area contributed by atoms with E-state index in [2.05, 4.69) is 0 Å². The van der Waals surface area contributed by atoms with Gasteiger partial charge in [-0.25, -0.2) is 0 Å². The van der Waals surface area contributed by atoms with Crippen molar-refractivity contribution >= 4 is 0 Å². The summed E-state index contributed by atoms with van der Waals surface area (Å²) in [6.07, 6.45) is 0. The molecular formula is H4O4Zn. The van der Waals surface area contributed by atoms with Gasteiger partial charge in [0.25, 0.3) is 0 Å². The molecule has 0 radical (unpaired) electrons. The van der Waals surface area contributed by atoms with E-state index in [0.717, 1.165) is 0 Å². The fraction of sp³-hybridized carbons (Fsp3) is 0. The Morgan fingerprint density at radius 2 is 0.800 bits per heavy atom. The van der Waals surface area contributed by atoms with Crippen LogP contribution < -0.4 is 0 Å². The van der Waals surface area contributed by atoms with E-state index < -0.39 is 16.2 Å². The third-order valence-corrected chi connectivity index (χ3v) is 0. The van der Waals surface area contributed by atoms with Gasteiger partial charge in [-0.05, 0) is 0 Å². The molecule has 0 saturated carbocycles. The molecule has 0 atom stereocenters. The summed E-state index contributed by atoms with van der Waals surface area (Å²) in [6, 6.07) is 0. The third-order valence-electron chi connectivity index (χ3n) is 0. The number of hydrogen-bond donors (Lipinski definition) is 4. The van der Waals surface area contributed by atoms with Crippen molar-refractivity contribution in [1.29, 1.82) is 0 Å². The topological polar surface area (TPSA) is 80.9 Å². The summed E-state index contributed by atoms with van der Waals surface area (Å²) in [5.41, 5.74) is 0. The zero-order valence-corrected chi connectivity index (χ0v) is 5.46. The zero-order chi connectivity index (χ0) is 4.50. The predicted molar refractivity (Wildman–Crippen MR) is 8.88 cm³/mol. The van der Waals surface area contributed by atoms with Crippen LogP contribution in [0.4, 0.5) is 0 Å². The summed E-state index contributed by atoms with van der Waals surface area (Å²) in [5, 5.41) is 0. The maximum atomic E-state index is 7.41. The summed E-state index contributed by atoms with van der Waals surface area (Å²) in [4.78, 5) is 0. The molecule has 0 aliphatic carbocycles. The van der Waals surface area contributed by atoms with E-state index in [-0.39, 0.29) is 0 Å². The van der Waals surface area contributed by atoms with Crippen molar-refractivity contribution in [1.82, 2.24) is 0 Å². The molecule has 5 heavy (non-hydrogen) atoms. The van der Waals surface area contributed by atoms with Crippen molar-refractivity contribution in [2.75, 3.05) is 0 Å². The van der Waals surface area contributed by atoms with Gasteiger partial charge in [-0.2, -0.15) is 0 Å². The molecule has 4 nitrogen and oxygen atoms in total. The molecule has 0 saturated heterocycles. The first-order valence-electron chi connectivity index (χ1n) is 1.26. The van der Waals surface area contributed by atoms with Gasteiger partial charge in [0.15, 0.2) is 0 Å². The average Bonchev–Trinajstić information content (AvgIpc) is 0.722. The molecule has 0 aromatic heterocycles. The van der Waals surface area contributed by atoms with E-state index in [1.54, 1.807) is 0 Å². The molecule has 0 unspecified atom stereocenters. The molecule has 0 amide bonds. The van der Waals surface area contributed by atoms with E-state index in [0.29, 0.717) is 0 Å². The summed E-state index contributed by atoms with van der Waals surface area (Å²) in [7, 11) is 0. The first-order chi connectivity index (χ1) is 2.00. The fourth-order valence-corrected chi connectivity index (χ4v) is 0. The SMILES string of the molecule is [OH][Zn]([OH])([OH])[OH]. The van der Waals surface area contributed by atoms with Gasteiger partial charge in [-0.1, -0.05) is 0 Å². The summed E-state index contributed by atoms with van der Waals surface area (Å²) < 4.78 is 29.6. The quantitative estimate of drug-likeness (QED) is 0.282. The molecule has 0 aromatic rings. The number of hydrogen-bond acceptors (Lipinski definition) is 4. The monoisotopic (exact) mass is 132 g/mol. The Balaban J connectivity index is 3.02. The Kier molecular flexibility index (Phi) is 1.40. The second-order valence-corrected chi connectivity index (χ2v) is 4.41. The van der Waals surface area contributed by atoms with Crippen molar-refractivity contribution in [2.45, 2.75) is 0 Å². The van der Waals surface area contributed by atoms with Gasteiger partial charge in [0, 0.05) is 0 Å². The average molecular weight is 133 g/mol. The Bertz CT molecular complexity index is 19.1. The van der Waals surface area contributed by atoms with Gasteiger partial charge in [-0.15, -0.1) is 0 Å². The molecule has 30 valence electrons. The molecule has 0 heterocycles. The molecule has 0 spiro atoms. The van der Waals surface area contributed by atoms with Crippen molar-refractivity contribution in [3.05, 3.63) is 0 Å². The van der Waals surface area contributed by atoms with Crippen LogP contribution in [0.5, 0.6) is 0 Å². The van der Waals surface area contributed by atoms with Crippen LogP contribution in [0.15, 0.2) is 0 Å². The van der Waals surface area contributed by atoms with Crippen LogP contribution in [0, 0.1) is 0 Å². The Hall–Kier alpha value is 0.463. The Labute approximate surface area is 32.7 Å². The molecular weight excluding hydrogens is 129 g/mol. The van der Waals surface area contributed by atoms with Gasteiger partial charge in [0.2, 0.25) is 0 Å². The second kappa shape index (κ2) is 1.28. The van der Waals surface area contributed by atoms with Crippen LogP contribution in [0.3, 0.4) is 0 Å². The van der Waals surface area contributed by atoms with Crippen LogP contribution >= 0.6 is 0 Å². The van der Waals surface area contributed by atoms with E-state index in [4.69, 9.17) is 15.7 Å². The van der Waals surface area contributed by atoms with E-state index in [1.165, 1.54) is 0 Å². The third kappa shape index (κ3) is 126. The van der Waals surface area contributed by atoms with Crippen LogP contribution in [0.1, 0.15) is 0 Å². The normalized spacial score (nSPS) is 8.80. The Morgan fingerprint density at radius 1 is 0.800 bits per heavy atom. The van der Waals surface area contributed by atoms with Gasteiger partial charge in [0.05, 0.1) is 0 Å². The van der Waals surface area contributed by atoms with Gasteiger partial charge < -0.3 is 0 Å². The molecule has 5 heteroatoms. The van der Waals surface area contributed by atoms with Crippen LogP contribution in [0.2, 0.25) is 0 Å². The minimum atomic E-state index is -5.25. The van der Waals surface area contributed by atoms with Crippen molar-refractivity contribution in [2.24, 2.45) is 0 Å².